The second-order valence-electron chi connectivity index (χ2n) is 9.39. The van der Waals surface area contributed by atoms with E-state index in [4.69, 9.17) is 30.3 Å². The van der Waals surface area contributed by atoms with Crippen LogP contribution in [0, 0.1) is 0 Å². The Morgan fingerprint density at radius 2 is 1.74 bits per heavy atom. The number of morpholine rings is 1. The molecule has 12 heteroatoms. The maximum absolute atomic E-state index is 12.6. The molecule has 2 fully saturated rings. The van der Waals surface area contributed by atoms with E-state index in [-0.39, 0.29) is 24.7 Å². The molecular formula is C26H29N9O3. The molecule has 3 aromatic heterocycles. The van der Waals surface area contributed by atoms with Gasteiger partial charge in [0.25, 0.3) is 0 Å². The highest BCUT2D eigenvalue weighted by Gasteiger charge is 2.28. The van der Waals surface area contributed by atoms with Crippen LogP contribution in [0.2, 0.25) is 0 Å². The van der Waals surface area contributed by atoms with Crippen LogP contribution in [0.25, 0.3) is 22.3 Å². The zero-order valence-corrected chi connectivity index (χ0v) is 20.9. The molecule has 5 heterocycles. The lowest BCUT2D eigenvalue weighted by molar-refractivity contribution is 0.0824. The van der Waals surface area contributed by atoms with Gasteiger partial charge in [-0.3, -0.25) is 0 Å². The SMILES string of the molecule is Nc1ncc(-c2nc(N3CCOCC3)nc3c2cnn3C2CCN(C(=O)OCc3ccccc3)CC2)cn1. The lowest BCUT2D eigenvalue weighted by Gasteiger charge is -2.31. The number of rotatable bonds is 5. The van der Waals surface area contributed by atoms with Gasteiger partial charge in [0.1, 0.15) is 6.61 Å². The van der Waals surface area contributed by atoms with Gasteiger partial charge in [0.15, 0.2) is 5.65 Å². The number of fused-ring (bicyclic) bond motifs is 1. The molecule has 0 unspecified atom stereocenters. The van der Waals surface area contributed by atoms with E-state index in [9.17, 15) is 4.79 Å². The predicted octanol–water partition coefficient (Wildman–Crippen LogP) is 2.68. The van der Waals surface area contributed by atoms with E-state index in [2.05, 4.69) is 14.9 Å². The number of ether oxygens (including phenoxy) is 2. The predicted molar refractivity (Wildman–Crippen MR) is 140 cm³/mol. The maximum atomic E-state index is 12.6. The number of benzene rings is 1. The zero-order chi connectivity index (χ0) is 25.9. The fourth-order valence-corrected chi connectivity index (χ4v) is 4.87. The van der Waals surface area contributed by atoms with E-state index in [1.165, 1.54) is 0 Å². The average molecular weight is 516 g/mol. The summed E-state index contributed by atoms with van der Waals surface area (Å²) in [5, 5.41) is 5.55. The van der Waals surface area contributed by atoms with Crippen molar-refractivity contribution >= 4 is 29.0 Å². The van der Waals surface area contributed by atoms with Crippen molar-refractivity contribution in [1.82, 2.24) is 34.6 Å². The summed E-state index contributed by atoms with van der Waals surface area (Å²) in [4.78, 5) is 34.7. The molecule has 1 amide bonds. The number of hydrogen-bond donors (Lipinski definition) is 1. The van der Waals surface area contributed by atoms with Gasteiger partial charge in [-0.05, 0) is 18.4 Å². The summed E-state index contributed by atoms with van der Waals surface area (Å²) in [6, 6.07) is 9.79. The Hall–Kier alpha value is -4.32. The molecule has 0 aliphatic carbocycles. The van der Waals surface area contributed by atoms with Crippen molar-refractivity contribution in [2.75, 3.05) is 50.0 Å². The van der Waals surface area contributed by atoms with Crippen LogP contribution in [0.3, 0.4) is 0 Å². The molecule has 1 aromatic carbocycles. The van der Waals surface area contributed by atoms with E-state index in [1.807, 2.05) is 35.0 Å². The molecule has 0 atom stereocenters. The van der Waals surface area contributed by atoms with Crippen LogP contribution in [0.5, 0.6) is 0 Å². The zero-order valence-electron chi connectivity index (χ0n) is 20.9. The van der Waals surface area contributed by atoms with Gasteiger partial charge in [-0.2, -0.15) is 10.1 Å². The Balaban J connectivity index is 1.23. The van der Waals surface area contributed by atoms with Crippen LogP contribution in [0.15, 0.2) is 48.9 Å². The molecular weight excluding hydrogens is 486 g/mol. The first kappa shape index (κ1) is 24.0. The third kappa shape index (κ3) is 4.94. The van der Waals surface area contributed by atoms with Crippen molar-refractivity contribution in [3.63, 3.8) is 0 Å². The summed E-state index contributed by atoms with van der Waals surface area (Å²) in [6.07, 6.45) is 6.34. The number of carbonyl (C=O) groups excluding carboxylic acids is 1. The summed E-state index contributed by atoms with van der Waals surface area (Å²) in [5.74, 6) is 0.827. The van der Waals surface area contributed by atoms with Crippen molar-refractivity contribution in [2.24, 2.45) is 0 Å². The summed E-state index contributed by atoms with van der Waals surface area (Å²) >= 11 is 0. The molecule has 0 spiro atoms. The van der Waals surface area contributed by atoms with Gasteiger partial charge < -0.3 is 25.0 Å². The Morgan fingerprint density at radius 3 is 2.47 bits per heavy atom. The van der Waals surface area contributed by atoms with Gasteiger partial charge >= 0.3 is 6.09 Å². The van der Waals surface area contributed by atoms with Crippen molar-refractivity contribution < 1.29 is 14.3 Å². The second-order valence-corrected chi connectivity index (χ2v) is 9.39. The van der Waals surface area contributed by atoms with E-state index in [1.54, 1.807) is 23.5 Å². The maximum Gasteiger partial charge on any atom is 0.410 e. The molecule has 0 radical (unpaired) electrons. The molecule has 2 aliphatic heterocycles. The Kier molecular flexibility index (Phi) is 6.69. The topological polar surface area (TPSA) is 137 Å². The largest absolute Gasteiger partial charge is 0.445 e. The number of carbonyl (C=O) groups is 1. The minimum absolute atomic E-state index is 0.0913. The lowest BCUT2D eigenvalue weighted by Crippen LogP contribution is -2.39. The standard InChI is InChI=1S/C26H29N9O3/c27-24-28-14-19(15-29-24)22-21-16-30-35(23(21)32-25(31-22)33-10-12-37-13-11-33)20-6-8-34(9-7-20)26(36)38-17-18-4-2-1-3-5-18/h1-5,14-16,20H,6-13,17H2,(H2,27,28,29). The molecule has 196 valence electrons. The first-order chi connectivity index (χ1) is 18.7. The normalized spacial score (nSPS) is 16.6. The number of likely N-dealkylation sites (tertiary alicyclic amines) is 1. The number of nitrogens with zero attached hydrogens (tertiary/aromatic N) is 8. The number of anilines is 2. The van der Waals surface area contributed by atoms with Gasteiger partial charge in [0.2, 0.25) is 11.9 Å². The minimum Gasteiger partial charge on any atom is -0.445 e. The van der Waals surface area contributed by atoms with Crippen LogP contribution >= 0.6 is 0 Å². The number of nitrogens with two attached hydrogens (primary N) is 1. The summed E-state index contributed by atoms with van der Waals surface area (Å²) in [6.45, 7) is 4.10. The van der Waals surface area contributed by atoms with Gasteiger partial charge in [-0.1, -0.05) is 30.3 Å². The first-order valence-corrected chi connectivity index (χ1v) is 12.8. The van der Waals surface area contributed by atoms with Crippen molar-refractivity contribution in [1.29, 1.82) is 0 Å². The number of aromatic nitrogens is 6. The summed E-state index contributed by atoms with van der Waals surface area (Å²) in [7, 11) is 0. The van der Waals surface area contributed by atoms with Crippen molar-refractivity contribution in [2.45, 2.75) is 25.5 Å². The number of piperidine rings is 1. The summed E-state index contributed by atoms with van der Waals surface area (Å²) < 4.78 is 13.0. The van der Waals surface area contributed by atoms with E-state index in [0.29, 0.717) is 51.0 Å². The Morgan fingerprint density at radius 1 is 1.00 bits per heavy atom. The number of nitrogen functional groups attached to an aromatic ring is 1. The van der Waals surface area contributed by atoms with E-state index in [0.717, 1.165) is 35.0 Å². The molecule has 2 saturated heterocycles. The molecule has 2 N–H and O–H groups in total. The minimum atomic E-state index is -0.291. The summed E-state index contributed by atoms with van der Waals surface area (Å²) in [5.41, 5.74) is 8.89. The van der Waals surface area contributed by atoms with Crippen LogP contribution in [0.1, 0.15) is 24.4 Å². The monoisotopic (exact) mass is 515 g/mol. The Bertz CT molecular complexity index is 1400. The quantitative estimate of drug-likeness (QED) is 0.422. The fraction of sp³-hybridized carbons (Fsp3) is 0.385. The molecule has 2 aliphatic rings. The van der Waals surface area contributed by atoms with Crippen LogP contribution < -0.4 is 10.6 Å². The third-order valence-electron chi connectivity index (χ3n) is 6.95. The van der Waals surface area contributed by atoms with Gasteiger partial charge in [-0.15, -0.1) is 0 Å². The molecule has 0 bridgehead atoms. The van der Waals surface area contributed by atoms with E-state index < -0.39 is 0 Å². The third-order valence-corrected chi connectivity index (χ3v) is 6.95. The van der Waals surface area contributed by atoms with Crippen molar-refractivity contribution in [3.8, 4) is 11.3 Å². The molecule has 12 nitrogen and oxygen atoms in total. The van der Waals surface area contributed by atoms with Gasteiger partial charge in [0.05, 0.1) is 36.5 Å². The lowest BCUT2D eigenvalue weighted by atomic mass is 10.1. The number of hydrogen-bond acceptors (Lipinski definition) is 10. The second kappa shape index (κ2) is 10.6. The highest BCUT2D eigenvalue weighted by Crippen LogP contribution is 2.32. The van der Waals surface area contributed by atoms with Crippen LogP contribution in [-0.2, 0) is 16.1 Å². The number of amides is 1. The molecule has 38 heavy (non-hydrogen) atoms. The van der Waals surface area contributed by atoms with Gasteiger partial charge in [0, 0.05) is 44.1 Å². The molecule has 4 aromatic rings. The van der Waals surface area contributed by atoms with Crippen LogP contribution in [-0.4, -0.2) is 80.1 Å². The van der Waals surface area contributed by atoms with Gasteiger partial charge in [-0.25, -0.2) is 24.4 Å². The van der Waals surface area contributed by atoms with Crippen molar-refractivity contribution in [3.05, 3.63) is 54.5 Å². The van der Waals surface area contributed by atoms with E-state index >= 15 is 0 Å². The fourth-order valence-electron chi connectivity index (χ4n) is 4.87. The first-order valence-electron chi connectivity index (χ1n) is 12.8. The Labute approximate surface area is 219 Å². The highest BCUT2D eigenvalue weighted by atomic mass is 16.6. The highest BCUT2D eigenvalue weighted by molar-refractivity contribution is 5.91. The average Bonchev–Trinajstić information content (AvgIpc) is 3.41. The smallest absolute Gasteiger partial charge is 0.410 e. The molecule has 6 rings (SSSR count). The van der Waals surface area contributed by atoms with Crippen LogP contribution in [0.4, 0.5) is 16.7 Å². The molecule has 0 saturated carbocycles.